The summed E-state index contributed by atoms with van der Waals surface area (Å²) in [5.41, 5.74) is 0. The summed E-state index contributed by atoms with van der Waals surface area (Å²) in [5, 5.41) is -0.828. The molecule has 8 heteroatoms. The lowest BCUT2D eigenvalue weighted by Crippen LogP contribution is -2.19. The maximum Gasteiger partial charge on any atom is 0.508 e. The molecule has 0 aromatic rings. The third-order valence-electron chi connectivity index (χ3n) is 0.657. The van der Waals surface area contributed by atoms with E-state index in [1.165, 1.54) is 0 Å². The van der Waals surface area contributed by atoms with Crippen molar-refractivity contribution in [1.29, 1.82) is 0 Å². The quantitative estimate of drug-likeness (QED) is 0.448. The molecule has 0 radical (unpaired) electrons. The first-order valence-corrected chi connectivity index (χ1v) is 4.37. The van der Waals surface area contributed by atoms with Gasteiger partial charge in [0, 0.05) is 0 Å². The van der Waals surface area contributed by atoms with Crippen LogP contribution in [0.15, 0.2) is 0 Å². The van der Waals surface area contributed by atoms with Crippen LogP contribution in [0.4, 0.5) is 4.79 Å². The summed E-state index contributed by atoms with van der Waals surface area (Å²) in [6.45, 7) is -1.05. The molecule has 0 aliphatic carbocycles. The standard InChI is InChI=1S/C5H4Cl4O4/c6-3(10)1-12-4(11)13-2-5(7,8)9/h1-2H2. The van der Waals surface area contributed by atoms with Gasteiger partial charge in [-0.05, 0) is 11.6 Å². The molecule has 0 aliphatic heterocycles. The predicted octanol–water partition coefficient (Wildman–Crippen LogP) is 2.28. The van der Waals surface area contributed by atoms with Crippen LogP contribution in [-0.4, -0.2) is 28.4 Å². The second-order valence-corrected chi connectivity index (χ2v) is 4.74. The Labute approximate surface area is 94.0 Å². The van der Waals surface area contributed by atoms with Gasteiger partial charge in [-0.25, -0.2) is 4.79 Å². The van der Waals surface area contributed by atoms with E-state index in [2.05, 4.69) is 9.47 Å². The van der Waals surface area contributed by atoms with Crippen molar-refractivity contribution in [1.82, 2.24) is 0 Å². The minimum Gasteiger partial charge on any atom is -0.430 e. The zero-order chi connectivity index (χ0) is 10.5. The lowest BCUT2D eigenvalue weighted by Gasteiger charge is -2.10. The van der Waals surface area contributed by atoms with E-state index in [9.17, 15) is 9.59 Å². The van der Waals surface area contributed by atoms with E-state index in [0.29, 0.717) is 0 Å². The number of hydrogen-bond donors (Lipinski definition) is 0. The van der Waals surface area contributed by atoms with Crippen molar-refractivity contribution in [2.45, 2.75) is 3.79 Å². The number of rotatable bonds is 3. The predicted molar refractivity (Wildman–Crippen MR) is 48.5 cm³/mol. The molecule has 0 rings (SSSR count). The van der Waals surface area contributed by atoms with Crippen LogP contribution >= 0.6 is 46.4 Å². The van der Waals surface area contributed by atoms with Crippen molar-refractivity contribution < 1.29 is 19.1 Å². The van der Waals surface area contributed by atoms with E-state index in [1.54, 1.807) is 0 Å². The van der Waals surface area contributed by atoms with Crippen LogP contribution in [0.5, 0.6) is 0 Å². The van der Waals surface area contributed by atoms with Gasteiger partial charge in [0.1, 0.15) is 6.61 Å². The topological polar surface area (TPSA) is 52.6 Å². The summed E-state index contributed by atoms with van der Waals surface area (Å²) < 4.78 is 6.76. The molecule has 0 aromatic heterocycles. The average molecular weight is 270 g/mol. The van der Waals surface area contributed by atoms with Gasteiger partial charge in [0.2, 0.25) is 3.79 Å². The minimum absolute atomic E-state index is 0.465. The highest BCUT2D eigenvalue weighted by molar-refractivity contribution is 6.67. The molecule has 0 heterocycles. The van der Waals surface area contributed by atoms with Gasteiger partial charge in [0.25, 0.3) is 5.24 Å². The Morgan fingerprint density at radius 2 is 1.69 bits per heavy atom. The number of halogens is 4. The zero-order valence-corrected chi connectivity index (χ0v) is 9.08. The molecule has 0 unspecified atom stereocenters. The number of ether oxygens (including phenoxy) is 2. The third-order valence-corrected chi connectivity index (χ3v) is 1.09. The van der Waals surface area contributed by atoms with Crippen molar-refractivity contribution in [3.05, 3.63) is 0 Å². The van der Waals surface area contributed by atoms with Crippen LogP contribution in [0.3, 0.4) is 0 Å². The van der Waals surface area contributed by atoms with Gasteiger partial charge < -0.3 is 9.47 Å². The summed E-state index contributed by atoms with van der Waals surface area (Å²) in [5.74, 6) is 0. The Morgan fingerprint density at radius 3 is 2.08 bits per heavy atom. The Kier molecular flexibility index (Phi) is 5.80. The van der Waals surface area contributed by atoms with Crippen LogP contribution in [0.25, 0.3) is 0 Å². The molecule has 0 saturated carbocycles. The molecule has 13 heavy (non-hydrogen) atoms. The van der Waals surface area contributed by atoms with E-state index in [1.807, 2.05) is 0 Å². The first-order chi connectivity index (χ1) is 5.81. The average Bonchev–Trinajstić information content (AvgIpc) is 1.95. The van der Waals surface area contributed by atoms with E-state index >= 15 is 0 Å². The third kappa shape index (κ3) is 10.0. The van der Waals surface area contributed by atoms with Crippen molar-refractivity contribution >= 4 is 57.8 Å². The molecule has 76 valence electrons. The Balaban J connectivity index is 3.58. The number of hydrogen-bond acceptors (Lipinski definition) is 4. The summed E-state index contributed by atoms with van der Waals surface area (Å²) in [6.07, 6.45) is -1.12. The maximum atomic E-state index is 10.6. The van der Waals surface area contributed by atoms with E-state index in [0.717, 1.165) is 0 Å². The Hall–Kier alpha value is 0.1000. The van der Waals surface area contributed by atoms with Crippen LogP contribution < -0.4 is 0 Å². The smallest absolute Gasteiger partial charge is 0.430 e. The largest absolute Gasteiger partial charge is 0.508 e. The minimum atomic E-state index is -1.70. The Morgan fingerprint density at radius 1 is 1.15 bits per heavy atom. The summed E-state index contributed by atoms with van der Waals surface area (Å²) >= 11 is 20.6. The molecule has 0 atom stereocenters. The van der Waals surface area contributed by atoms with Crippen LogP contribution in [-0.2, 0) is 14.3 Å². The highest BCUT2D eigenvalue weighted by Gasteiger charge is 2.22. The van der Waals surface area contributed by atoms with Crippen LogP contribution in [0.1, 0.15) is 0 Å². The zero-order valence-electron chi connectivity index (χ0n) is 6.06. The van der Waals surface area contributed by atoms with Crippen molar-refractivity contribution in [3.63, 3.8) is 0 Å². The van der Waals surface area contributed by atoms with Crippen molar-refractivity contribution in [2.75, 3.05) is 13.2 Å². The van der Waals surface area contributed by atoms with Crippen LogP contribution in [0.2, 0.25) is 0 Å². The number of carbonyl (C=O) groups excluding carboxylic acids is 2. The highest BCUT2D eigenvalue weighted by atomic mass is 35.6. The molecule has 0 amide bonds. The first kappa shape index (κ1) is 13.1. The first-order valence-electron chi connectivity index (χ1n) is 2.86. The van der Waals surface area contributed by atoms with E-state index in [-0.39, 0.29) is 0 Å². The molecular weight excluding hydrogens is 266 g/mol. The van der Waals surface area contributed by atoms with Gasteiger partial charge in [0.05, 0.1) is 0 Å². The van der Waals surface area contributed by atoms with Gasteiger partial charge in [0.15, 0.2) is 6.61 Å². The van der Waals surface area contributed by atoms with Crippen molar-refractivity contribution in [3.8, 4) is 0 Å². The number of carbonyl (C=O) groups is 2. The monoisotopic (exact) mass is 268 g/mol. The SMILES string of the molecule is O=C(Cl)COC(=O)OCC(Cl)(Cl)Cl. The normalized spacial score (nSPS) is 10.8. The van der Waals surface area contributed by atoms with Gasteiger partial charge in [-0.15, -0.1) is 0 Å². The molecular formula is C5H4Cl4O4. The fourth-order valence-electron chi connectivity index (χ4n) is 0.298. The molecule has 0 N–H and O–H groups in total. The Bertz CT molecular complexity index is 199. The maximum absolute atomic E-state index is 10.6. The fourth-order valence-corrected chi connectivity index (χ4v) is 0.516. The summed E-state index contributed by atoms with van der Waals surface area (Å²) in [4.78, 5) is 20.7. The van der Waals surface area contributed by atoms with Gasteiger partial charge in [-0.3, -0.25) is 4.79 Å². The van der Waals surface area contributed by atoms with E-state index < -0.39 is 28.4 Å². The summed E-state index contributed by atoms with van der Waals surface area (Å²) in [7, 11) is 0. The second-order valence-electron chi connectivity index (χ2n) is 1.80. The molecule has 0 spiro atoms. The molecule has 0 fully saturated rings. The summed E-state index contributed by atoms with van der Waals surface area (Å²) in [6, 6.07) is 0. The molecule has 4 nitrogen and oxygen atoms in total. The lowest BCUT2D eigenvalue weighted by molar-refractivity contribution is -0.115. The van der Waals surface area contributed by atoms with Crippen LogP contribution in [0, 0.1) is 0 Å². The molecule has 0 aromatic carbocycles. The fraction of sp³-hybridized carbons (Fsp3) is 0.600. The highest BCUT2D eigenvalue weighted by Crippen LogP contribution is 2.25. The molecule has 0 saturated heterocycles. The van der Waals surface area contributed by atoms with Gasteiger partial charge in [-0.1, -0.05) is 34.8 Å². The van der Waals surface area contributed by atoms with Gasteiger partial charge >= 0.3 is 6.16 Å². The van der Waals surface area contributed by atoms with Crippen molar-refractivity contribution in [2.24, 2.45) is 0 Å². The molecule has 0 aliphatic rings. The van der Waals surface area contributed by atoms with E-state index in [4.69, 9.17) is 46.4 Å². The number of alkyl halides is 3. The lowest BCUT2D eigenvalue weighted by atomic mass is 10.8. The molecule has 0 bridgehead atoms. The second kappa shape index (κ2) is 5.75. The van der Waals surface area contributed by atoms with Gasteiger partial charge in [-0.2, -0.15) is 0 Å².